The summed E-state index contributed by atoms with van der Waals surface area (Å²) in [5.74, 6) is 0.635. The fraction of sp³-hybridized carbons (Fsp3) is 0.150. The van der Waals surface area contributed by atoms with Gasteiger partial charge in [0.2, 0.25) is 0 Å². The van der Waals surface area contributed by atoms with Crippen LogP contribution in [0.5, 0.6) is 0 Å². The molecule has 0 N–H and O–H groups in total. The van der Waals surface area contributed by atoms with Gasteiger partial charge in [0.25, 0.3) is 0 Å². The molecule has 0 aliphatic rings. The summed E-state index contributed by atoms with van der Waals surface area (Å²) < 4.78 is 18.0. The molecule has 0 aliphatic heterocycles. The van der Waals surface area contributed by atoms with Crippen molar-refractivity contribution in [2.75, 3.05) is 0 Å². The monoisotopic (exact) mass is 347 g/mol. The molecule has 5 nitrogen and oxygen atoms in total. The van der Waals surface area contributed by atoms with E-state index in [9.17, 15) is 4.39 Å². The molecule has 6 heteroatoms. The van der Waals surface area contributed by atoms with Crippen LogP contribution in [0.15, 0.2) is 67.4 Å². The molecule has 4 rings (SSSR count). The molecule has 0 amide bonds. The van der Waals surface area contributed by atoms with Crippen molar-refractivity contribution in [3.8, 4) is 22.4 Å². The zero-order chi connectivity index (χ0) is 17.9. The first-order valence-corrected chi connectivity index (χ1v) is 8.48. The first kappa shape index (κ1) is 16.2. The highest BCUT2D eigenvalue weighted by molar-refractivity contribution is 5.71. The van der Waals surface area contributed by atoms with E-state index in [1.807, 2.05) is 47.4 Å². The first-order chi connectivity index (χ1) is 12.7. The van der Waals surface area contributed by atoms with Gasteiger partial charge >= 0.3 is 0 Å². The molecule has 3 heterocycles. The molecule has 3 aromatic heterocycles. The minimum Gasteiger partial charge on any atom is -0.334 e. The SMILES string of the molecule is CCn1ccnc1Cn1ccc(-c2cccc(-c3ccncc3F)c2)n1. The van der Waals surface area contributed by atoms with E-state index in [0.717, 1.165) is 29.2 Å². The van der Waals surface area contributed by atoms with Gasteiger partial charge in [-0.15, -0.1) is 0 Å². The normalized spacial score (nSPS) is 11.0. The van der Waals surface area contributed by atoms with Crippen LogP contribution in [0.2, 0.25) is 0 Å². The summed E-state index contributed by atoms with van der Waals surface area (Å²) in [5.41, 5.74) is 3.12. The fourth-order valence-corrected chi connectivity index (χ4v) is 2.98. The van der Waals surface area contributed by atoms with Crippen molar-refractivity contribution in [3.63, 3.8) is 0 Å². The van der Waals surface area contributed by atoms with E-state index >= 15 is 0 Å². The van der Waals surface area contributed by atoms with Crippen molar-refractivity contribution in [2.45, 2.75) is 20.0 Å². The van der Waals surface area contributed by atoms with Gasteiger partial charge in [-0.25, -0.2) is 9.37 Å². The van der Waals surface area contributed by atoms with Crippen molar-refractivity contribution in [1.82, 2.24) is 24.3 Å². The Balaban J connectivity index is 1.62. The zero-order valence-corrected chi connectivity index (χ0v) is 14.4. The molecule has 1 aromatic carbocycles. The molecule has 4 aromatic rings. The van der Waals surface area contributed by atoms with Gasteiger partial charge in [-0.1, -0.05) is 18.2 Å². The first-order valence-electron chi connectivity index (χ1n) is 8.48. The third-order valence-corrected chi connectivity index (χ3v) is 4.33. The molecule has 26 heavy (non-hydrogen) atoms. The van der Waals surface area contributed by atoms with Crippen LogP contribution in [0.3, 0.4) is 0 Å². The topological polar surface area (TPSA) is 48.5 Å². The smallest absolute Gasteiger partial charge is 0.149 e. The number of hydrogen-bond acceptors (Lipinski definition) is 3. The highest BCUT2D eigenvalue weighted by Gasteiger charge is 2.09. The minimum absolute atomic E-state index is 0.332. The molecule has 0 aliphatic carbocycles. The van der Waals surface area contributed by atoms with Crippen molar-refractivity contribution in [3.05, 3.63) is 79.0 Å². The maximum absolute atomic E-state index is 14.0. The highest BCUT2D eigenvalue weighted by atomic mass is 19.1. The number of aromatic nitrogens is 5. The average Bonchev–Trinajstić information content (AvgIpc) is 3.32. The van der Waals surface area contributed by atoms with E-state index in [1.165, 1.54) is 6.20 Å². The van der Waals surface area contributed by atoms with E-state index in [0.29, 0.717) is 12.1 Å². The Labute approximate surface area is 150 Å². The number of rotatable bonds is 5. The molecule has 0 fully saturated rings. The van der Waals surface area contributed by atoms with Crippen LogP contribution in [0.25, 0.3) is 22.4 Å². The molecule has 0 atom stereocenters. The van der Waals surface area contributed by atoms with Crippen LogP contribution in [0, 0.1) is 5.82 Å². The summed E-state index contributed by atoms with van der Waals surface area (Å²) in [4.78, 5) is 8.19. The Morgan fingerprint density at radius 1 is 1.04 bits per heavy atom. The predicted molar refractivity (Wildman–Crippen MR) is 97.9 cm³/mol. The second-order valence-electron chi connectivity index (χ2n) is 5.96. The van der Waals surface area contributed by atoms with Crippen LogP contribution in [0.4, 0.5) is 4.39 Å². The molecular formula is C20H18FN5. The Bertz CT molecular complexity index is 1030. The number of pyridine rings is 1. The average molecular weight is 347 g/mol. The summed E-state index contributed by atoms with van der Waals surface area (Å²) in [5, 5.41) is 4.65. The maximum Gasteiger partial charge on any atom is 0.149 e. The van der Waals surface area contributed by atoms with Gasteiger partial charge < -0.3 is 4.57 Å². The summed E-state index contributed by atoms with van der Waals surface area (Å²) in [6.07, 6.45) is 8.52. The Morgan fingerprint density at radius 2 is 1.92 bits per heavy atom. The zero-order valence-electron chi connectivity index (χ0n) is 14.4. The Kier molecular flexibility index (Phi) is 4.31. The second-order valence-corrected chi connectivity index (χ2v) is 5.96. The van der Waals surface area contributed by atoms with Crippen LogP contribution in [0.1, 0.15) is 12.7 Å². The third kappa shape index (κ3) is 3.13. The van der Waals surface area contributed by atoms with Crippen molar-refractivity contribution in [1.29, 1.82) is 0 Å². The van der Waals surface area contributed by atoms with Gasteiger partial charge in [0, 0.05) is 42.5 Å². The predicted octanol–water partition coefficient (Wildman–Crippen LogP) is 4.02. The lowest BCUT2D eigenvalue weighted by atomic mass is 10.0. The van der Waals surface area contributed by atoms with Crippen molar-refractivity contribution >= 4 is 0 Å². The molecule has 0 radical (unpaired) electrons. The quantitative estimate of drug-likeness (QED) is 0.548. The molecule has 130 valence electrons. The van der Waals surface area contributed by atoms with Gasteiger partial charge in [0.1, 0.15) is 11.6 Å². The van der Waals surface area contributed by atoms with Crippen LogP contribution in [-0.2, 0) is 13.1 Å². The van der Waals surface area contributed by atoms with Gasteiger partial charge in [-0.05, 0) is 30.7 Å². The summed E-state index contributed by atoms with van der Waals surface area (Å²) in [6.45, 7) is 3.58. The highest BCUT2D eigenvalue weighted by Crippen LogP contribution is 2.26. The van der Waals surface area contributed by atoms with Gasteiger partial charge in [-0.2, -0.15) is 5.10 Å². The second kappa shape index (κ2) is 6.92. The number of benzene rings is 1. The maximum atomic E-state index is 14.0. The van der Waals surface area contributed by atoms with Crippen LogP contribution < -0.4 is 0 Å². The van der Waals surface area contributed by atoms with Gasteiger partial charge in [-0.3, -0.25) is 9.67 Å². The van der Waals surface area contributed by atoms with E-state index in [1.54, 1.807) is 18.5 Å². The van der Waals surface area contributed by atoms with Gasteiger partial charge in [0.05, 0.1) is 18.4 Å². The Hall–Kier alpha value is -3.28. The Morgan fingerprint density at radius 3 is 2.77 bits per heavy atom. The lowest BCUT2D eigenvalue weighted by molar-refractivity contribution is 0.608. The van der Waals surface area contributed by atoms with E-state index in [2.05, 4.69) is 26.6 Å². The standard InChI is InChI=1S/C20H18FN5/c1-2-25-11-9-23-20(25)14-26-10-7-19(24-26)16-5-3-4-15(12-16)17-6-8-22-13-18(17)21/h3-13H,2,14H2,1H3. The molecule has 0 saturated heterocycles. The number of imidazole rings is 1. The summed E-state index contributed by atoms with van der Waals surface area (Å²) in [6, 6.07) is 11.4. The molecular weight excluding hydrogens is 329 g/mol. The summed E-state index contributed by atoms with van der Waals surface area (Å²) >= 11 is 0. The largest absolute Gasteiger partial charge is 0.334 e. The molecule has 0 unspecified atom stereocenters. The lowest BCUT2D eigenvalue weighted by Gasteiger charge is -2.06. The number of nitrogens with zero attached hydrogens (tertiary/aromatic N) is 5. The van der Waals surface area contributed by atoms with E-state index in [4.69, 9.17) is 0 Å². The van der Waals surface area contributed by atoms with Crippen LogP contribution in [-0.4, -0.2) is 24.3 Å². The van der Waals surface area contributed by atoms with Crippen molar-refractivity contribution in [2.24, 2.45) is 0 Å². The molecule has 0 bridgehead atoms. The number of aryl methyl sites for hydroxylation is 1. The molecule has 0 spiro atoms. The lowest BCUT2D eigenvalue weighted by Crippen LogP contribution is -2.08. The fourth-order valence-electron chi connectivity index (χ4n) is 2.98. The van der Waals surface area contributed by atoms with Crippen LogP contribution >= 0.6 is 0 Å². The summed E-state index contributed by atoms with van der Waals surface area (Å²) in [7, 11) is 0. The van der Waals surface area contributed by atoms with Crippen molar-refractivity contribution < 1.29 is 4.39 Å². The molecule has 0 saturated carbocycles. The third-order valence-electron chi connectivity index (χ3n) is 4.33. The minimum atomic E-state index is -0.332. The number of halogens is 1. The number of hydrogen-bond donors (Lipinski definition) is 0. The van der Waals surface area contributed by atoms with E-state index < -0.39 is 0 Å². The van der Waals surface area contributed by atoms with Gasteiger partial charge in [0.15, 0.2) is 0 Å². The van der Waals surface area contributed by atoms with E-state index in [-0.39, 0.29) is 5.82 Å².